The Labute approximate surface area is 175 Å². The molecule has 164 valence electrons. The average Bonchev–Trinajstić information content (AvgIpc) is 2.72. The molecule has 0 bridgehead atoms. The highest BCUT2D eigenvalue weighted by Crippen LogP contribution is 2.30. The average molecular weight is 423 g/mol. The van der Waals surface area contributed by atoms with Crippen LogP contribution in [0.3, 0.4) is 0 Å². The second-order valence-electron chi connectivity index (χ2n) is 6.94. The third-order valence-corrected chi connectivity index (χ3v) is 4.28. The van der Waals surface area contributed by atoms with Crippen molar-refractivity contribution in [2.45, 2.75) is 33.4 Å². The molecule has 0 unspecified atom stereocenters. The molecule has 2 aromatic rings. The Kier molecular flexibility index (Phi) is 8.70. The summed E-state index contributed by atoms with van der Waals surface area (Å²) in [6.45, 7) is 2.12. The van der Waals surface area contributed by atoms with E-state index < -0.39 is 6.61 Å². The zero-order chi connectivity index (χ0) is 22.1. The van der Waals surface area contributed by atoms with Crippen LogP contribution >= 0.6 is 0 Å². The molecule has 0 atom stereocenters. The van der Waals surface area contributed by atoms with Crippen molar-refractivity contribution in [1.29, 1.82) is 0 Å². The largest absolute Gasteiger partial charge is 0.493 e. The Morgan fingerprint density at radius 3 is 2.27 bits per heavy atom. The minimum atomic E-state index is -2.98. The Hall–Kier alpha value is -3.03. The fraction of sp³-hybridized carbons (Fsp3) is 0.409. The van der Waals surface area contributed by atoms with Gasteiger partial charge in [0.25, 0.3) is 5.91 Å². The molecule has 0 heterocycles. The molecule has 2 rings (SSSR count). The van der Waals surface area contributed by atoms with E-state index in [1.54, 1.807) is 19.2 Å². The van der Waals surface area contributed by atoms with Crippen molar-refractivity contribution in [1.82, 2.24) is 5.32 Å². The van der Waals surface area contributed by atoms with Gasteiger partial charge in [-0.25, -0.2) is 0 Å². The first kappa shape index (κ1) is 23.3. The van der Waals surface area contributed by atoms with Crippen LogP contribution in [-0.4, -0.2) is 33.3 Å². The maximum absolute atomic E-state index is 12.4. The third kappa shape index (κ3) is 6.79. The van der Waals surface area contributed by atoms with Crippen molar-refractivity contribution in [2.24, 2.45) is 5.92 Å². The van der Waals surface area contributed by atoms with Crippen LogP contribution in [0, 0.1) is 5.92 Å². The summed E-state index contributed by atoms with van der Waals surface area (Å²) in [6.07, 6.45) is 0.936. The first-order chi connectivity index (χ1) is 14.3. The van der Waals surface area contributed by atoms with Crippen LogP contribution in [0.5, 0.6) is 23.0 Å². The van der Waals surface area contributed by atoms with Gasteiger partial charge >= 0.3 is 6.61 Å². The molecule has 2 aromatic carbocycles. The monoisotopic (exact) mass is 423 g/mol. The van der Waals surface area contributed by atoms with E-state index in [2.05, 4.69) is 23.9 Å². The molecule has 0 aliphatic heterocycles. The molecule has 0 fully saturated rings. The van der Waals surface area contributed by atoms with Crippen molar-refractivity contribution in [3.05, 3.63) is 47.5 Å². The Morgan fingerprint density at radius 1 is 0.967 bits per heavy atom. The number of rotatable bonds is 11. The maximum atomic E-state index is 12.4. The molecular formula is C22H27F2NO5. The summed E-state index contributed by atoms with van der Waals surface area (Å²) in [4.78, 5) is 12.4. The lowest BCUT2D eigenvalue weighted by Crippen LogP contribution is -2.22. The third-order valence-electron chi connectivity index (χ3n) is 4.28. The van der Waals surface area contributed by atoms with Gasteiger partial charge in [0.05, 0.1) is 20.8 Å². The van der Waals surface area contributed by atoms with Crippen molar-refractivity contribution < 1.29 is 32.5 Å². The van der Waals surface area contributed by atoms with Crippen LogP contribution in [0.2, 0.25) is 0 Å². The molecule has 0 aliphatic carbocycles. The summed E-state index contributed by atoms with van der Waals surface area (Å²) >= 11 is 0. The molecule has 6 nitrogen and oxygen atoms in total. The quantitative estimate of drug-likeness (QED) is 0.569. The fourth-order valence-corrected chi connectivity index (χ4v) is 2.63. The lowest BCUT2D eigenvalue weighted by atomic mass is 10.1. The number of hydrogen-bond donors (Lipinski definition) is 1. The van der Waals surface area contributed by atoms with Gasteiger partial charge in [-0.3, -0.25) is 4.79 Å². The van der Waals surface area contributed by atoms with Crippen molar-refractivity contribution in [3.8, 4) is 23.0 Å². The number of carbonyl (C=O) groups excluding carboxylic acids is 1. The minimum absolute atomic E-state index is 0.0486. The summed E-state index contributed by atoms with van der Waals surface area (Å²) < 4.78 is 45.4. The van der Waals surface area contributed by atoms with E-state index in [0.717, 1.165) is 12.0 Å². The molecule has 1 amide bonds. The second-order valence-corrected chi connectivity index (χ2v) is 6.94. The van der Waals surface area contributed by atoms with Gasteiger partial charge in [-0.1, -0.05) is 19.9 Å². The normalized spacial score (nSPS) is 10.8. The second kappa shape index (κ2) is 11.2. The van der Waals surface area contributed by atoms with Gasteiger partial charge < -0.3 is 24.3 Å². The topological polar surface area (TPSA) is 66.0 Å². The summed E-state index contributed by atoms with van der Waals surface area (Å²) in [7, 11) is 2.87. The summed E-state index contributed by atoms with van der Waals surface area (Å²) in [5, 5.41) is 2.78. The van der Waals surface area contributed by atoms with Crippen LogP contribution in [0.4, 0.5) is 8.78 Å². The molecule has 0 saturated carbocycles. The fourth-order valence-electron chi connectivity index (χ4n) is 2.63. The molecule has 0 aliphatic rings. The number of nitrogens with one attached hydrogen (secondary N) is 1. The standard InChI is InChI=1S/C22H27F2NO5/c1-14(2)9-10-29-17-7-5-15(11-19(17)27-3)13-25-21(26)16-6-8-18(30-22(23)24)20(12-16)28-4/h5-8,11-12,14,22H,9-10,13H2,1-4H3,(H,25,26). The number of ether oxygens (including phenoxy) is 4. The van der Waals surface area contributed by atoms with Gasteiger partial charge in [-0.05, 0) is 48.2 Å². The highest BCUT2D eigenvalue weighted by atomic mass is 19.3. The van der Waals surface area contributed by atoms with Crippen LogP contribution in [0.25, 0.3) is 0 Å². The van der Waals surface area contributed by atoms with Gasteiger partial charge in [0.15, 0.2) is 23.0 Å². The van der Waals surface area contributed by atoms with Gasteiger partial charge in [-0.15, -0.1) is 0 Å². The van der Waals surface area contributed by atoms with Crippen LogP contribution in [0.1, 0.15) is 36.2 Å². The van der Waals surface area contributed by atoms with Crippen molar-refractivity contribution in [3.63, 3.8) is 0 Å². The van der Waals surface area contributed by atoms with E-state index in [1.807, 2.05) is 6.07 Å². The maximum Gasteiger partial charge on any atom is 0.387 e. The molecular weight excluding hydrogens is 396 g/mol. The van der Waals surface area contributed by atoms with Crippen LogP contribution < -0.4 is 24.3 Å². The summed E-state index contributed by atoms with van der Waals surface area (Å²) in [5.74, 6) is 1.30. The SMILES string of the molecule is COc1cc(CNC(=O)c2ccc(OC(F)F)c(OC)c2)ccc1OCCC(C)C. The number of alkyl halides is 2. The van der Waals surface area contributed by atoms with Gasteiger partial charge in [0.1, 0.15) is 0 Å². The molecule has 0 spiro atoms. The number of hydrogen-bond acceptors (Lipinski definition) is 5. The van der Waals surface area contributed by atoms with Gasteiger partial charge in [0.2, 0.25) is 0 Å². The summed E-state index contributed by atoms with van der Waals surface area (Å²) in [5.41, 5.74) is 1.08. The number of methoxy groups -OCH3 is 2. The lowest BCUT2D eigenvalue weighted by molar-refractivity contribution is -0.0512. The van der Waals surface area contributed by atoms with Crippen molar-refractivity contribution in [2.75, 3.05) is 20.8 Å². The molecule has 0 radical (unpaired) electrons. The molecule has 1 N–H and O–H groups in total. The Balaban J connectivity index is 2.01. The molecule has 0 saturated heterocycles. The first-order valence-electron chi connectivity index (χ1n) is 9.54. The number of amides is 1. The van der Waals surface area contributed by atoms with E-state index in [-0.39, 0.29) is 29.5 Å². The van der Waals surface area contributed by atoms with E-state index in [1.165, 1.54) is 25.3 Å². The van der Waals surface area contributed by atoms with Gasteiger partial charge in [0, 0.05) is 12.1 Å². The predicted molar refractivity (Wildman–Crippen MR) is 109 cm³/mol. The zero-order valence-corrected chi connectivity index (χ0v) is 17.5. The molecule has 0 aromatic heterocycles. The first-order valence-corrected chi connectivity index (χ1v) is 9.54. The predicted octanol–water partition coefficient (Wildman–Crippen LogP) is 4.66. The zero-order valence-electron chi connectivity index (χ0n) is 17.5. The number of halogens is 2. The highest BCUT2D eigenvalue weighted by Gasteiger charge is 2.14. The number of benzene rings is 2. The minimum Gasteiger partial charge on any atom is -0.493 e. The van der Waals surface area contributed by atoms with Gasteiger partial charge in [-0.2, -0.15) is 8.78 Å². The summed E-state index contributed by atoms with van der Waals surface area (Å²) in [6, 6.07) is 9.45. The molecule has 30 heavy (non-hydrogen) atoms. The Bertz CT molecular complexity index is 842. The lowest BCUT2D eigenvalue weighted by Gasteiger charge is -2.14. The van der Waals surface area contributed by atoms with E-state index in [9.17, 15) is 13.6 Å². The van der Waals surface area contributed by atoms with Crippen LogP contribution in [-0.2, 0) is 6.54 Å². The highest BCUT2D eigenvalue weighted by molar-refractivity contribution is 5.94. The van der Waals surface area contributed by atoms with E-state index >= 15 is 0 Å². The smallest absolute Gasteiger partial charge is 0.387 e. The van der Waals surface area contributed by atoms with Crippen molar-refractivity contribution >= 4 is 5.91 Å². The van der Waals surface area contributed by atoms with E-state index in [0.29, 0.717) is 24.0 Å². The van der Waals surface area contributed by atoms with Crippen LogP contribution in [0.15, 0.2) is 36.4 Å². The van der Waals surface area contributed by atoms with E-state index in [4.69, 9.17) is 14.2 Å². The molecule has 8 heteroatoms. The number of carbonyl (C=O) groups is 1. The Morgan fingerprint density at radius 2 is 1.63 bits per heavy atom.